The molecule has 2 rings (SSSR count). The minimum atomic E-state index is -0.812. The zero-order valence-electron chi connectivity index (χ0n) is 22.1. The van der Waals surface area contributed by atoms with Gasteiger partial charge in [0.05, 0.1) is 18.3 Å². The van der Waals surface area contributed by atoms with Crippen molar-refractivity contribution in [2.75, 3.05) is 6.54 Å². The second kappa shape index (κ2) is 17.5. The van der Waals surface area contributed by atoms with E-state index in [-0.39, 0.29) is 23.8 Å². The van der Waals surface area contributed by atoms with Crippen LogP contribution in [0.5, 0.6) is 0 Å². The number of rotatable bonds is 17. The lowest BCUT2D eigenvalue weighted by molar-refractivity contribution is -0.127. The van der Waals surface area contributed by atoms with Gasteiger partial charge in [-0.05, 0) is 63.4 Å². The van der Waals surface area contributed by atoms with E-state index in [1.54, 1.807) is 0 Å². The number of amides is 1. The standard InChI is InChI=1S/C30H47NO5/c1-3-5-17-30(35)36-24(19-18-23-13-9-8-10-14-23)20-21-26-25(27(32)22-28(26)33)15-11-6-7-12-16-29(34)31-4-2/h6,8-11,13-14,20-21,24-28,30,32-33,35H,3-5,7,12,15-19,22H2,1-2H3,(H,31,34)/b11-6-,21-20+/t24-,25+,26+,27-,28+,30+/m0/s1. The van der Waals surface area contributed by atoms with E-state index in [4.69, 9.17) is 4.74 Å². The van der Waals surface area contributed by atoms with Gasteiger partial charge in [-0.2, -0.15) is 0 Å². The summed E-state index contributed by atoms with van der Waals surface area (Å²) in [5.74, 6) is -0.166. The monoisotopic (exact) mass is 501 g/mol. The molecule has 0 bridgehead atoms. The smallest absolute Gasteiger partial charge is 0.219 e. The zero-order valence-corrected chi connectivity index (χ0v) is 22.1. The Morgan fingerprint density at radius 3 is 2.61 bits per heavy atom. The van der Waals surface area contributed by atoms with Crippen LogP contribution in [-0.2, 0) is 16.0 Å². The molecule has 4 N–H and O–H groups in total. The van der Waals surface area contributed by atoms with Crippen molar-refractivity contribution in [2.45, 2.75) is 103 Å². The number of nitrogens with one attached hydrogen (secondary N) is 1. The third kappa shape index (κ3) is 11.4. The summed E-state index contributed by atoms with van der Waals surface area (Å²) in [6.45, 7) is 4.65. The summed E-state index contributed by atoms with van der Waals surface area (Å²) in [6, 6.07) is 10.2. The molecule has 0 heterocycles. The number of carbonyl (C=O) groups is 1. The first-order valence-corrected chi connectivity index (χ1v) is 13.8. The number of unbranched alkanes of at least 4 members (excludes halogenated alkanes) is 2. The molecule has 1 aromatic carbocycles. The van der Waals surface area contributed by atoms with Crippen LogP contribution in [0.2, 0.25) is 0 Å². The molecule has 0 spiro atoms. The number of hydrogen-bond acceptors (Lipinski definition) is 5. The average Bonchev–Trinajstić information content (AvgIpc) is 3.14. The van der Waals surface area contributed by atoms with Crippen molar-refractivity contribution in [1.29, 1.82) is 0 Å². The molecule has 1 fully saturated rings. The number of carbonyl (C=O) groups excluding carboxylic acids is 1. The molecule has 0 radical (unpaired) electrons. The van der Waals surface area contributed by atoms with E-state index in [0.717, 1.165) is 38.5 Å². The van der Waals surface area contributed by atoms with Gasteiger partial charge in [-0.1, -0.05) is 68.0 Å². The maximum atomic E-state index is 11.6. The van der Waals surface area contributed by atoms with Crippen LogP contribution in [-0.4, -0.2) is 52.4 Å². The number of allylic oxidation sites excluding steroid dienone is 2. The van der Waals surface area contributed by atoms with Crippen molar-refractivity contribution in [2.24, 2.45) is 11.8 Å². The van der Waals surface area contributed by atoms with Gasteiger partial charge in [0, 0.05) is 25.3 Å². The van der Waals surface area contributed by atoms with Gasteiger partial charge in [0.15, 0.2) is 6.29 Å². The van der Waals surface area contributed by atoms with Gasteiger partial charge in [0.2, 0.25) is 5.91 Å². The van der Waals surface area contributed by atoms with Crippen molar-refractivity contribution in [3.63, 3.8) is 0 Å². The van der Waals surface area contributed by atoms with Crippen molar-refractivity contribution in [1.82, 2.24) is 5.32 Å². The fraction of sp³-hybridized carbons (Fsp3) is 0.633. The number of aryl methyl sites for hydroxylation is 1. The summed E-state index contributed by atoms with van der Waals surface area (Å²) in [5, 5.41) is 34.4. The maximum absolute atomic E-state index is 11.6. The van der Waals surface area contributed by atoms with E-state index in [9.17, 15) is 20.1 Å². The maximum Gasteiger partial charge on any atom is 0.219 e. The Bertz CT molecular complexity index is 781. The zero-order chi connectivity index (χ0) is 26.2. The minimum Gasteiger partial charge on any atom is -0.393 e. The topological polar surface area (TPSA) is 99.0 Å². The highest BCUT2D eigenvalue weighted by molar-refractivity contribution is 5.75. The van der Waals surface area contributed by atoms with Gasteiger partial charge in [-0.15, -0.1) is 0 Å². The molecule has 1 aliphatic carbocycles. The van der Waals surface area contributed by atoms with E-state index >= 15 is 0 Å². The lowest BCUT2D eigenvalue weighted by Gasteiger charge is -2.22. The highest BCUT2D eigenvalue weighted by atomic mass is 16.6. The Kier molecular flexibility index (Phi) is 14.7. The number of hydrogen-bond donors (Lipinski definition) is 4. The predicted octanol–water partition coefficient (Wildman–Crippen LogP) is 4.68. The molecule has 0 saturated heterocycles. The highest BCUT2D eigenvalue weighted by Crippen LogP contribution is 2.36. The van der Waals surface area contributed by atoms with Crippen molar-refractivity contribution in [3.8, 4) is 0 Å². The molecule has 6 nitrogen and oxygen atoms in total. The van der Waals surface area contributed by atoms with Crippen LogP contribution in [0.1, 0.15) is 77.2 Å². The Hall–Kier alpha value is -1.99. The van der Waals surface area contributed by atoms with Crippen LogP contribution in [0.3, 0.4) is 0 Å². The summed E-state index contributed by atoms with van der Waals surface area (Å²) in [7, 11) is 0. The minimum absolute atomic E-state index is 0.0734. The average molecular weight is 502 g/mol. The fourth-order valence-electron chi connectivity index (χ4n) is 4.81. The first-order chi connectivity index (χ1) is 17.4. The van der Waals surface area contributed by atoms with Crippen molar-refractivity contribution in [3.05, 3.63) is 60.2 Å². The molecular formula is C30H47NO5. The SMILES string of the molecule is CCCC[C@H](O)O[C@H](/C=C/[C@@H]1[C@@H](C/C=C\CCCC(=O)NCC)[C@@H](O)C[C@H]1O)CCc1ccccc1. The Labute approximate surface area is 217 Å². The lowest BCUT2D eigenvalue weighted by Crippen LogP contribution is -2.23. The van der Waals surface area contributed by atoms with E-state index < -0.39 is 18.5 Å². The molecular weight excluding hydrogens is 454 g/mol. The quantitative estimate of drug-likeness (QED) is 0.141. The largest absolute Gasteiger partial charge is 0.393 e. The molecule has 1 aromatic rings. The summed E-state index contributed by atoms with van der Waals surface area (Å²) in [6.07, 6.45) is 13.0. The molecule has 0 unspecified atom stereocenters. The Morgan fingerprint density at radius 1 is 1.11 bits per heavy atom. The van der Waals surface area contributed by atoms with Crippen LogP contribution >= 0.6 is 0 Å². The normalized spacial score (nSPS) is 23.9. The second-order valence-electron chi connectivity index (χ2n) is 9.85. The van der Waals surface area contributed by atoms with Crippen LogP contribution in [0.4, 0.5) is 0 Å². The van der Waals surface area contributed by atoms with Gasteiger partial charge in [-0.3, -0.25) is 4.79 Å². The van der Waals surface area contributed by atoms with Crippen molar-refractivity contribution < 1.29 is 24.9 Å². The fourth-order valence-corrected chi connectivity index (χ4v) is 4.81. The van der Waals surface area contributed by atoms with Gasteiger partial charge in [0.25, 0.3) is 0 Å². The van der Waals surface area contributed by atoms with Crippen LogP contribution in [0.15, 0.2) is 54.6 Å². The molecule has 0 aromatic heterocycles. The van der Waals surface area contributed by atoms with Crippen LogP contribution in [0, 0.1) is 11.8 Å². The van der Waals surface area contributed by atoms with E-state index in [2.05, 4.69) is 36.5 Å². The molecule has 6 atom stereocenters. The van der Waals surface area contributed by atoms with Gasteiger partial charge < -0.3 is 25.4 Å². The summed E-state index contributed by atoms with van der Waals surface area (Å²) >= 11 is 0. The molecule has 1 aliphatic rings. The number of ether oxygens (including phenoxy) is 1. The lowest BCUT2D eigenvalue weighted by atomic mass is 9.89. The molecule has 1 amide bonds. The van der Waals surface area contributed by atoms with Gasteiger partial charge in [-0.25, -0.2) is 0 Å². The first kappa shape index (κ1) is 30.2. The van der Waals surface area contributed by atoms with Gasteiger partial charge in [0.1, 0.15) is 0 Å². The van der Waals surface area contributed by atoms with Crippen LogP contribution < -0.4 is 5.32 Å². The third-order valence-electron chi connectivity index (χ3n) is 6.88. The summed E-state index contributed by atoms with van der Waals surface area (Å²) in [5.41, 5.74) is 1.22. The third-order valence-corrected chi connectivity index (χ3v) is 6.88. The van der Waals surface area contributed by atoms with Crippen molar-refractivity contribution >= 4 is 5.91 Å². The molecule has 1 saturated carbocycles. The Morgan fingerprint density at radius 2 is 1.89 bits per heavy atom. The number of aliphatic hydroxyl groups excluding tert-OH is 3. The Balaban J connectivity index is 1.95. The first-order valence-electron chi connectivity index (χ1n) is 13.8. The van der Waals surface area contributed by atoms with E-state index in [1.807, 2.05) is 37.3 Å². The molecule has 202 valence electrons. The predicted molar refractivity (Wildman–Crippen MR) is 144 cm³/mol. The number of aliphatic hydroxyl groups is 3. The second-order valence-corrected chi connectivity index (χ2v) is 9.85. The van der Waals surface area contributed by atoms with Crippen LogP contribution in [0.25, 0.3) is 0 Å². The van der Waals surface area contributed by atoms with E-state index in [1.165, 1.54) is 5.56 Å². The van der Waals surface area contributed by atoms with Gasteiger partial charge >= 0.3 is 0 Å². The summed E-state index contributed by atoms with van der Waals surface area (Å²) in [4.78, 5) is 11.6. The highest BCUT2D eigenvalue weighted by Gasteiger charge is 2.39. The molecule has 6 heteroatoms. The summed E-state index contributed by atoms with van der Waals surface area (Å²) < 4.78 is 5.97. The molecule has 36 heavy (non-hydrogen) atoms. The van der Waals surface area contributed by atoms with E-state index in [0.29, 0.717) is 32.2 Å². The number of benzene rings is 1. The molecule has 0 aliphatic heterocycles.